The van der Waals surface area contributed by atoms with E-state index in [0.717, 1.165) is 16.7 Å². The van der Waals surface area contributed by atoms with Crippen molar-refractivity contribution in [3.63, 3.8) is 0 Å². The third-order valence-corrected chi connectivity index (χ3v) is 2.75. The number of rotatable bonds is 5. The molecular weight excluding hydrogens is 224 g/mol. The zero-order valence-electron chi connectivity index (χ0n) is 10.4. The van der Waals surface area contributed by atoms with Gasteiger partial charge in [-0.15, -0.1) is 0 Å². The standard InChI is InChI=1S/C16H16O2/c1-2-18-12-16(17)15-11-7-6-10-14(15)13-8-4-3-5-9-13/h3-11H,2,12H2,1H3. The molecule has 2 aromatic rings. The van der Waals surface area contributed by atoms with Crippen molar-refractivity contribution < 1.29 is 9.53 Å². The van der Waals surface area contributed by atoms with Gasteiger partial charge in [-0.25, -0.2) is 0 Å². The molecule has 0 N–H and O–H groups in total. The molecule has 2 rings (SSSR count). The van der Waals surface area contributed by atoms with E-state index < -0.39 is 0 Å². The van der Waals surface area contributed by atoms with Crippen molar-refractivity contribution in [1.29, 1.82) is 0 Å². The van der Waals surface area contributed by atoms with Gasteiger partial charge in [0.2, 0.25) is 0 Å². The molecule has 0 saturated carbocycles. The molecule has 0 amide bonds. The third kappa shape index (κ3) is 2.84. The first kappa shape index (κ1) is 12.5. The van der Waals surface area contributed by atoms with E-state index in [0.29, 0.717) is 6.61 Å². The van der Waals surface area contributed by atoms with Crippen LogP contribution in [-0.4, -0.2) is 19.0 Å². The predicted molar refractivity (Wildman–Crippen MR) is 72.7 cm³/mol. The summed E-state index contributed by atoms with van der Waals surface area (Å²) in [5.41, 5.74) is 2.73. The summed E-state index contributed by atoms with van der Waals surface area (Å²) in [6.07, 6.45) is 0. The van der Waals surface area contributed by atoms with Gasteiger partial charge in [0.15, 0.2) is 5.78 Å². The molecule has 2 nitrogen and oxygen atoms in total. The van der Waals surface area contributed by atoms with Gasteiger partial charge in [-0.2, -0.15) is 0 Å². The molecule has 0 saturated heterocycles. The largest absolute Gasteiger partial charge is 0.374 e. The summed E-state index contributed by atoms with van der Waals surface area (Å²) in [5.74, 6) is 0.0244. The van der Waals surface area contributed by atoms with Crippen LogP contribution in [0.25, 0.3) is 11.1 Å². The maximum Gasteiger partial charge on any atom is 0.189 e. The molecule has 0 spiro atoms. The van der Waals surface area contributed by atoms with Crippen molar-refractivity contribution in [2.45, 2.75) is 6.92 Å². The highest BCUT2D eigenvalue weighted by atomic mass is 16.5. The molecule has 0 fully saturated rings. The van der Waals surface area contributed by atoms with Crippen LogP contribution in [0.4, 0.5) is 0 Å². The lowest BCUT2D eigenvalue weighted by molar-refractivity contribution is 0.0784. The summed E-state index contributed by atoms with van der Waals surface area (Å²) in [4.78, 5) is 12.1. The van der Waals surface area contributed by atoms with E-state index in [1.54, 1.807) is 0 Å². The molecule has 0 heterocycles. The SMILES string of the molecule is CCOCC(=O)c1ccccc1-c1ccccc1. The van der Waals surface area contributed by atoms with Crippen LogP contribution in [0.3, 0.4) is 0 Å². The Hall–Kier alpha value is -1.93. The highest BCUT2D eigenvalue weighted by Crippen LogP contribution is 2.23. The molecule has 2 aromatic carbocycles. The van der Waals surface area contributed by atoms with Gasteiger partial charge in [-0.05, 0) is 18.1 Å². The maximum absolute atomic E-state index is 12.1. The number of carbonyl (C=O) groups is 1. The van der Waals surface area contributed by atoms with E-state index in [2.05, 4.69) is 0 Å². The second-order valence-corrected chi connectivity index (χ2v) is 3.97. The van der Waals surface area contributed by atoms with Crippen molar-refractivity contribution in [1.82, 2.24) is 0 Å². The molecular formula is C16H16O2. The predicted octanol–water partition coefficient (Wildman–Crippen LogP) is 3.57. The highest BCUT2D eigenvalue weighted by molar-refractivity contribution is 6.03. The van der Waals surface area contributed by atoms with Gasteiger partial charge in [-0.3, -0.25) is 4.79 Å². The molecule has 18 heavy (non-hydrogen) atoms. The summed E-state index contributed by atoms with van der Waals surface area (Å²) in [5, 5.41) is 0. The number of hydrogen-bond acceptors (Lipinski definition) is 2. The van der Waals surface area contributed by atoms with Crippen LogP contribution in [0.15, 0.2) is 54.6 Å². The molecule has 0 aliphatic heterocycles. The van der Waals surface area contributed by atoms with Gasteiger partial charge >= 0.3 is 0 Å². The first-order chi connectivity index (χ1) is 8.83. The number of ether oxygens (including phenoxy) is 1. The van der Waals surface area contributed by atoms with Crippen LogP contribution < -0.4 is 0 Å². The Morgan fingerprint density at radius 3 is 2.39 bits per heavy atom. The minimum absolute atomic E-state index is 0.0244. The Kier molecular flexibility index (Phi) is 4.26. The van der Waals surface area contributed by atoms with Gasteiger partial charge in [0.1, 0.15) is 6.61 Å². The van der Waals surface area contributed by atoms with Crippen LogP contribution in [0.2, 0.25) is 0 Å². The van der Waals surface area contributed by atoms with E-state index in [9.17, 15) is 4.79 Å². The summed E-state index contributed by atoms with van der Waals surface area (Å²) in [6.45, 7) is 2.58. The monoisotopic (exact) mass is 240 g/mol. The van der Waals surface area contributed by atoms with Gasteiger partial charge < -0.3 is 4.74 Å². The fraction of sp³-hybridized carbons (Fsp3) is 0.188. The lowest BCUT2D eigenvalue weighted by atomic mass is 9.97. The number of Topliss-reactive ketones (excluding diaryl/α,β-unsaturated/α-hetero) is 1. The summed E-state index contributed by atoms with van der Waals surface area (Å²) >= 11 is 0. The summed E-state index contributed by atoms with van der Waals surface area (Å²) in [7, 11) is 0. The van der Waals surface area contributed by atoms with Crippen molar-refractivity contribution >= 4 is 5.78 Å². The molecule has 0 aromatic heterocycles. The lowest BCUT2D eigenvalue weighted by Gasteiger charge is -2.08. The zero-order chi connectivity index (χ0) is 12.8. The van der Waals surface area contributed by atoms with Crippen LogP contribution in [0.5, 0.6) is 0 Å². The molecule has 92 valence electrons. The second-order valence-electron chi connectivity index (χ2n) is 3.97. The fourth-order valence-corrected chi connectivity index (χ4v) is 1.87. The quantitative estimate of drug-likeness (QED) is 0.747. The van der Waals surface area contributed by atoms with Gasteiger partial charge in [-0.1, -0.05) is 54.6 Å². The first-order valence-electron chi connectivity index (χ1n) is 6.08. The molecule has 0 bridgehead atoms. The average Bonchev–Trinajstić information content (AvgIpc) is 2.45. The third-order valence-electron chi connectivity index (χ3n) is 2.75. The molecule has 0 radical (unpaired) electrons. The Bertz CT molecular complexity index is 518. The van der Waals surface area contributed by atoms with Crippen molar-refractivity contribution in [3.05, 3.63) is 60.2 Å². The van der Waals surface area contributed by atoms with E-state index >= 15 is 0 Å². The van der Waals surface area contributed by atoms with E-state index in [4.69, 9.17) is 4.74 Å². The highest BCUT2D eigenvalue weighted by Gasteiger charge is 2.11. The molecule has 0 aliphatic carbocycles. The molecule has 0 unspecified atom stereocenters. The van der Waals surface area contributed by atoms with Crippen LogP contribution >= 0.6 is 0 Å². The normalized spacial score (nSPS) is 10.3. The summed E-state index contributed by atoms with van der Waals surface area (Å²) < 4.78 is 5.19. The Balaban J connectivity index is 2.34. The summed E-state index contributed by atoms with van der Waals surface area (Å²) in [6, 6.07) is 17.6. The maximum atomic E-state index is 12.1. The molecule has 0 aliphatic rings. The number of ketones is 1. The fourth-order valence-electron chi connectivity index (χ4n) is 1.87. The van der Waals surface area contributed by atoms with Gasteiger partial charge in [0.25, 0.3) is 0 Å². The van der Waals surface area contributed by atoms with Crippen LogP contribution in [0, 0.1) is 0 Å². The smallest absolute Gasteiger partial charge is 0.189 e. The van der Waals surface area contributed by atoms with E-state index in [-0.39, 0.29) is 12.4 Å². The number of benzene rings is 2. The Morgan fingerprint density at radius 2 is 1.67 bits per heavy atom. The second kappa shape index (κ2) is 6.12. The van der Waals surface area contributed by atoms with Crippen molar-refractivity contribution in [3.8, 4) is 11.1 Å². The van der Waals surface area contributed by atoms with Crippen LogP contribution in [-0.2, 0) is 4.74 Å². The van der Waals surface area contributed by atoms with Crippen molar-refractivity contribution in [2.24, 2.45) is 0 Å². The van der Waals surface area contributed by atoms with Gasteiger partial charge in [0, 0.05) is 12.2 Å². The zero-order valence-corrected chi connectivity index (χ0v) is 10.4. The lowest BCUT2D eigenvalue weighted by Crippen LogP contribution is -2.10. The van der Waals surface area contributed by atoms with E-state index in [1.807, 2.05) is 61.5 Å². The topological polar surface area (TPSA) is 26.3 Å². The van der Waals surface area contributed by atoms with Crippen molar-refractivity contribution in [2.75, 3.05) is 13.2 Å². The first-order valence-corrected chi connectivity index (χ1v) is 6.08. The Labute approximate surface area is 107 Å². The van der Waals surface area contributed by atoms with E-state index in [1.165, 1.54) is 0 Å². The molecule has 0 atom stereocenters. The molecule has 2 heteroatoms. The van der Waals surface area contributed by atoms with Crippen LogP contribution in [0.1, 0.15) is 17.3 Å². The Morgan fingerprint density at radius 1 is 1.00 bits per heavy atom. The number of hydrogen-bond donors (Lipinski definition) is 0. The minimum atomic E-state index is 0.0244. The number of carbonyl (C=O) groups excluding carboxylic acids is 1. The van der Waals surface area contributed by atoms with Gasteiger partial charge in [0.05, 0.1) is 0 Å². The average molecular weight is 240 g/mol. The minimum Gasteiger partial charge on any atom is -0.374 e.